The molecule has 0 radical (unpaired) electrons. The van der Waals surface area contributed by atoms with Crippen LogP contribution in [-0.2, 0) is 11.2 Å². The van der Waals surface area contributed by atoms with Gasteiger partial charge in [0.25, 0.3) is 0 Å². The zero-order valence-electron chi connectivity index (χ0n) is 15.0. The third-order valence-electron chi connectivity index (χ3n) is 4.03. The Bertz CT molecular complexity index is 738. The second-order valence-corrected chi connectivity index (χ2v) is 5.85. The summed E-state index contributed by atoms with van der Waals surface area (Å²) >= 11 is 0. The molecule has 0 aliphatic carbocycles. The number of carboxylic acids is 1. The van der Waals surface area contributed by atoms with Gasteiger partial charge in [-0.2, -0.15) is 0 Å². The molecule has 2 aromatic carbocycles. The highest BCUT2D eigenvalue weighted by Gasteiger charge is 2.13. The maximum atomic E-state index is 11.1. The van der Waals surface area contributed by atoms with Crippen LogP contribution in [0.3, 0.4) is 0 Å². The first kappa shape index (κ1) is 16.5. The molecular weight excluding hydrogens is 298 g/mol. The fraction of sp³-hybridized carbons (Fsp3) is 0.286. The van der Waals surface area contributed by atoms with E-state index >= 15 is 0 Å². The highest BCUT2D eigenvalue weighted by molar-refractivity contribution is 5.82. The van der Waals surface area contributed by atoms with E-state index in [-0.39, 0.29) is 6.42 Å². The molecule has 0 aliphatic heterocycles. The standard InChI is InChI=1S/C21H25NO2/c1-2-3-9-16-12-7-8-13-18(16)19(14-15-20(22)21(23)24)17-10-5-4-6-11-17/h4-8,10-14,20H,2-3,9,15,22H2,1H3,(H,23,24)/i4T. The molecule has 0 heterocycles. The van der Waals surface area contributed by atoms with Crippen LogP contribution in [0, 0.1) is 0 Å². The molecule has 0 spiro atoms. The molecule has 0 aromatic heterocycles. The zero-order valence-corrected chi connectivity index (χ0v) is 14.0. The molecule has 24 heavy (non-hydrogen) atoms. The second-order valence-electron chi connectivity index (χ2n) is 5.85. The normalized spacial score (nSPS) is 13.4. The van der Waals surface area contributed by atoms with Gasteiger partial charge in [-0.15, -0.1) is 0 Å². The van der Waals surface area contributed by atoms with E-state index in [2.05, 4.69) is 19.1 Å². The van der Waals surface area contributed by atoms with E-state index in [9.17, 15) is 4.79 Å². The maximum Gasteiger partial charge on any atom is 0.320 e. The number of nitrogens with two attached hydrogens (primary N) is 1. The van der Waals surface area contributed by atoms with E-state index in [1.54, 1.807) is 12.1 Å². The Labute approximate surface area is 145 Å². The predicted molar refractivity (Wildman–Crippen MR) is 98.8 cm³/mol. The van der Waals surface area contributed by atoms with Gasteiger partial charge in [0.2, 0.25) is 0 Å². The largest absolute Gasteiger partial charge is 0.480 e. The lowest BCUT2D eigenvalue weighted by Gasteiger charge is -2.15. The van der Waals surface area contributed by atoms with E-state index in [0.717, 1.165) is 36.0 Å². The Morgan fingerprint density at radius 3 is 2.62 bits per heavy atom. The van der Waals surface area contributed by atoms with E-state index in [1.165, 1.54) is 5.56 Å². The van der Waals surface area contributed by atoms with Gasteiger partial charge in [-0.25, -0.2) is 0 Å². The highest BCUT2D eigenvalue weighted by Crippen LogP contribution is 2.28. The molecule has 3 N–H and O–H groups in total. The summed E-state index contributed by atoms with van der Waals surface area (Å²) in [6, 6.07) is 15.0. The minimum absolute atomic E-state index is 0.259. The molecule has 0 aliphatic rings. The van der Waals surface area contributed by atoms with Crippen molar-refractivity contribution in [2.75, 3.05) is 0 Å². The maximum absolute atomic E-state index is 11.1. The van der Waals surface area contributed by atoms with Crippen LogP contribution in [0.4, 0.5) is 0 Å². The van der Waals surface area contributed by atoms with Crippen LogP contribution in [0.1, 0.15) is 44.2 Å². The third kappa shape index (κ3) is 4.80. The van der Waals surface area contributed by atoms with Crippen LogP contribution in [0.15, 0.2) is 60.6 Å². The number of unbranched alkanes of at least 4 members (excludes halogenated alkanes) is 1. The lowest BCUT2D eigenvalue weighted by molar-refractivity contribution is -0.138. The van der Waals surface area contributed by atoms with Crippen molar-refractivity contribution in [3.8, 4) is 0 Å². The first-order chi connectivity index (χ1) is 12.0. The van der Waals surface area contributed by atoms with E-state index < -0.39 is 12.0 Å². The Hall–Kier alpha value is -2.39. The molecule has 3 nitrogen and oxygen atoms in total. The average Bonchev–Trinajstić information content (AvgIpc) is 2.62. The third-order valence-corrected chi connectivity index (χ3v) is 4.03. The van der Waals surface area contributed by atoms with Crippen molar-refractivity contribution in [1.29, 1.82) is 0 Å². The molecule has 0 saturated carbocycles. The molecule has 0 amide bonds. The van der Waals surface area contributed by atoms with Gasteiger partial charge in [-0.3, -0.25) is 4.79 Å². The summed E-state index contributed by atoms with van der Waals surface area (Å²) in [5.74, 6) is -1.00. The lowest BCUT2D eigenvalue weighted by Crippen LogP contribution is -2.29. The highest BCUT2D eigenvalue weighted by atomic mass is 16.4. The Kier molecular flexibility index (Phi) is 6.20. The number of hydrogen-bond acceptors (Lipinski definition) is 2. The fourth-order valence-electron chi connectivity index (χ4n) is 2.66. The minimum Gasteiger partial charge on any atom is -0.480 e. The SMILES string of the molecule is [3H]c1ccc(C(=CCC(N)C(=O)O)c2ccccc2CCCC)cc1. The smallest absolute Gasteiger partial charge is 0.320 e. The topological polar surface area (TPSA) is 63.3 Å². The van der Waals surface area contributed by atoms with Crippen molar-refractivity contribution in [3.05, 3.63) is 77.3 Å². The molecule has 0 saturated heterocycles. The zero-order chi connectivity index (χ0) is 18.2. The van der Waals surface area contributed by atoms with Crippen LogP contribution >= 0.6 is 0 Å². The summed E-state index contributed by atoms with van der Waals surface area (Å²) in [4.78, 5) is 11.1. The average molecular weight is 325 g/mol. The molecule has 126 valence electrons. The minimum atomic E-state index is -1.00. The van der Waals surface area contributed by atoms with Crippen molar-refractivity contribution >= 4 is 11.5 Å². The van der Waals surface area contributed by atoms with Crippen molar-refractivity contribution in [1.82, 2.24) is 0 Å². The van der Waals surface area contributed by atoms with Gasteiger partial charge in [0.1, 0.15) is 6.04 Å². The van der Waals surface area contributed by atoms with Crippen LogP contribution in [0.2, 0.25) is 0 Å². The predicted octanol–water partition coefficient (Wildman–Crippen LogP) is 4.26. The molecule has 3 heteroatoms. The monoisotopic (exact) mass is 325 g/mol. The molecule has 2 rings (SSSR count). The molecule has 1 atom stereocenters. The first-order valence-corrected chi connectivity index (χ1v) is 8.36. The number of hydrogen-bond donors (Lipinski definition) is 2. The number of benzene rings is 2. The van der Waals surface area contributed by atoms with Crippen molar-refractivity contribution < 1.29 is 11.3 Å². The fourth-order valence-corrected chi connectivity index (χ4v) is 2.66. The van der Waals surface area contributed by atoms with Gasteiger partial charge in [0.15, 0.2) is 0 Å². The Balaban J connectivity index is 2.46. The van der Waals surface area contributed by atoms with Crippen LogP contribution in [0.25, 0.3) is 5.57 Å². The van der Waals surface area contributed by atoms with Gasteiger partial charge in [-0.1, -0.05) is 74.0 Å². The lowest BCUT2D eigenvalue weighted by atomic mass is 9.90. The number of rotatable bonds is 8. The van der Waals surface area contributed by atoms with Crippen LogP contribution < -0.4 is 5.73 Å². The van der Waals surface area contributed by atoms with Gasteiger partial charge in [0, 0.05) is 0 Å². The number of carboxylic acid groups (broad SMARTS) is 1. The van der Waals surface area contributed by atoms with E-state index in [1.807, 2.05) is 30.3 Å². The number of carbonyl (C=O) groups is 1. The quantitative estimate of drug-likeness (QED) is 0.762. The van der Waals surface area contributed by atoms with Crippen LogP contribution in [0.5, 0.6) is 0 Å². The Morgan fingerprint density at radius 2 is 1.96 bits per heavy atom. The van der Waals surface area contributed by atoms with E-state index in [0.29, 0.717) is 6.04 Å². The summed E-state index contributed by atoms with van der Waals surface area (Å²) in [7, 11) is 0. The van der Waals surface area contributed by atoms with Crippen molar-refractivity contribution in [3.63, 3.8) is 0 Å². The van der Waals surface area contributed by atoms with Crippen LogP contribution in [-0.4, -0.2) is 17.1 Å². The Morgan fingerprint density at radius 1 is 1.25 bits per heavy atom. The first-order valence-electron chi connectivity index (χ1n) is 8.86. The molecule has 0 bridgehead atoms. The second kappa shape index (κ2) is 9.04. The summed E-state index contributed by atoms with van der Waals surface area (Å²) in [6.45, 7) is 2.16. The summed E-state index contributed by atoms with van der Waals surface area (Å²) in [5, 5.41) is 9.06. The molecular formula is C21H25NO2. The van der Waals surface area contributed by atoms with Gasteiger partial charge in [0.05, 0.1) is 1.37 Å². The summed E-state index contributed by atoms with van der Waals surface area (Å²) in [5.41, 5.74) is 9.98. The number of aryl methyl sites for hydroxylation is 1. The van der Waals surface area contributed by atoms with E-state index in [4.69, 9.17) is 12.2 Å². The van der Waals surface area contributed by atoms with Gasteiger partial charge in [-0.05, 0) is 41.5 Å². The molecule has 2 aromatic rings. The van der Waals surface area contributed by atoms with Crippen molar-refractivity contribution in [2.24, 2.45) is 5.73 Å². The van der Waals surface area contributed by atoms with Crippen molar-refractivity contribution in [2.45, 2.75) is 38.6 Å². The summed E-state index contributed by atoms with van der Waals surface area (Å²) < 4.78 is 7.68. The molecule has 0 fully saturated rings. The molecule has 1 unspecified atom stereocenters. The summed E-state index contributed by atoms with van der Waals surface area (Å²) in [6.07, 6.45) is 5.36. The van der Waals surface area contributed by atoms with Gasteiger partial charge < -0.3 is 10.8 Å². The van der Waals surface area contributed by atoms with Gasteiger partial charge >= 0.3 is 5.97 Å². The number of aliphatic carboxylic acids is 1.